The molecule has 24 heavy (non-hydrogen) atoms. The van der Waals surface area contributed by atoms with E-state index in [9.17, 15) is 19.7 Å². The largest absolute Gasteiger partial charge is 0.459 e. The number of hydrogen-bond acceptors (Lipinski definition) is 6. The number of rotatable bonds is 6. The van der Waals surface area contributed by atoms with Gasteiger partial charge in [-0.15, -0.1) is 0 Å². The highest BCUT2D eigenvalue weighted by molar-refractivity contribution is 6.00. The molecule has 0 saturated heterocycles. The van der Waals surface area contributed by atoms with Gasteiger partial charge in [0.2, 0.25) is 0 Å². The third-order valence-corrected chi connectivity index (χ3v) is 2.98. The molecule has 2 aromatic rings. The topological polar surface area (TPSA) is 127 Å². The van der Waals surface area contributed by atoms with Crippen LogP contribution >= 0.6 is 0 Å². The second-order valence-electron chi connectivity index (χ2n) is 4.70. The molecule has 0 aliphatic heterocycles. The van der Waals surface area contributed by atoms with Crippen LogP contribution in [-0.4, -0.2) is 29.0 Å². The molecule has 0 saturated carbocycles. The van der Waals surface area contributed by atoms with Gasteiger partial charge in [-0.1, -0.05) is 12.1 Å². The molecule has 9 heteroatoms. The van der Waals surface area contributed by atoms with Crippen LogP contribution in [0.15, 0.2) is 52.2 Å². The first kappa shape index (κ1) is 16.9. The summed E-state index contributed by atoms with van der Waals surface area (Å²) in [5.74, 6) is -0.965. The third kappa shape index (κ3) is 4.50. The lowest BCUT2D eigenvalue weighted by Gasteiger charge is -2.04. The van der Waals surface area contributed by atoms with Crippen molar-refractivity contribution in [1.82, 2.24) is 10.7 Å². The van der Waals surface area contributed by atoms with Crippen molar-refractivity contribution in [3.63, 3.8) is 0 Å². The van der Waals surface area contributed by atoms with Crippen molar-refractivity contribution in [2.75, 3.05) is 6.54 Å². The Hall–Kier alpha value is -3.49. The number of carbonyl (C=O) groups excluding carboxylic acids is 2. The number of amides is 2. The van der Waals surface area contributed by atoms with Crippen LogP contribution in [0.1, 0.15) is 23.0 Å². The number of nitrogens with one attached hydrogen (secondary N) is 2. The molecule has 0 spiro atoms. The van der Waals surface area contributed by atoms with E-state index in [1.54, 1.807) is 19.1 Å². The molecular weight excluding hydrogens is 316 g/mol. The van der Waals surface area contributed by atoms with E-state index in [0.717, 1.165) is 0 Å². The Balaban J connectivity index is 1.90. The van der Waals surface area contributed by atoms with Crippen molar-refractivity contribution in [2.24, 2.45) is 5.10 Å². The molecule has 0 atom stereocenters. The fourth-order valence-corrected chi connectivity index (χ4v) is 1.75. The Morgan fingerprint density at radius 3 is 2.75 bits per heavy atom. The zero-order valence-electron chi connectivity index (χ0n) is 12.7. The maximum atomic E-state index is 11.7. The molecule has 0 aliphatic rings. The molecule has 9 nitrogen and oxygen atoms in total. The zero-order valence-corrected chi connectivity index (χ0v) is 12.7. The molecule has 0 bridgehead atoms. The molecule has 1 heterocycles. The van der Waals surface area contributed by atoms with Crippen LogP contribution in [0.25, 0.3) is 0 Å². The van der Waals surface area contributed by atoms with E-state index >= 15 is 0 Å². The lowest BCUT2D eigenvalue weighted by Crippen LogP contribution is -2.35. The summed E-state index contributed by atoms with van der Waals surface area (Å²) in [6.45, 7) is 1.31. The van der Waals surface area contributed by atoms with Gasteiger partial charge in [0.05, 0.1) is 23.4 Å². The third-order valence-electron chi connectivity index (χ3n) is 2.98. The number of hydrazone groups is 1. The first-order chi connectivity index (χ1) is 11.5. The summed E-state index contributed by atoms with van der Waals surface area (Å²) in [5, 5.41) is 17.0. The average Bonchev–Trinajstić information content (AvgIpc) is 3.12. The van der Waals surface area contributed by atoms with Crippen molar-refractivity contribution < 1.29 is 18.9 Å². The van der Waals surface area contributed by atoms with Gasteiger partial charge in [-0.05, 0) is 19.1 Å². The highest BCUT2D eigenvalue weighted by atomic mass is 16.6. The smallest absolute Gasteiger partial charge is 0.287 e. The van der Waals surface area contributed by atoms with Crippen molar-refractivity contribution in [2.45, 2.75) is 6.92 Å². The van der Waals surface area contributed by atoms with Crippen LogP contribution in [0.3, 0.4) is 0 Å². The molecule has 0 unspecified atom stereocenters. The standard InChI is InChI=1S/C15H14N4O5/c1-10(11-4-2-5-12(8-11)19(22)23)17-18-14(20)9-16-15(21)13-6-3-7-24-13/h2-8H,9H2,1H3,(H,16,21)(H,18,20)/b17-10+. The van der Waals surface area contributed by atoms with E-state index in [2.05, 4.69) is 15.8 Å². The van der Waals surface area contributed by atoms with Gasteiger partial charge in [0.15, 0.2) is 5.76 Å². The quantitative estimate of drug-likeness (QED) is 0.471. The van der Waals surface area contributed by atoms with E-state index in [0.29, 0.717) is 11.3 Å². The van der Waals surface area contributed by atoms with Crippen LogP contribution in [0, 0.1) is 10.1 Å². The SMILES string of the molecule is C/C(=N\NC(=O)CNC(=O)c1ccco1)c1cccc([N+](=O)[O-])c1. The van der Waals surface area contributed by atoms with Gasteiger partial charge in [-0.3, -0.25) is 19.7 Å². The van der Waals surface area contributed by atoms with Gasteiger partial charge in [0.25, 0.3) is 17.5 Å². The van der Waals surface area contributed by atoms with Crippen LogP contribution in [0.2, 0.25) is 0 Å². The van der Waals surface area contributed by atoms with Crippen LogP contribution in [0.5, 0.6) is 0 Å². The first-order valence-corrected chi connectivity index (χ1v) is 6.87. The minimum absolute atomic E-state index is 0.0703. The lowest BCUT2D eigenvalue weighted by atomic mass is 10.1. The molecule has 1 aromatic heterocycles. The van der Waals surface area contributed by atoms with E-state index < -0.39 is 16.7 Å². The van der Waals surface area contributed by atoms with Crippen molar-refractivity contribution in [3.05, 3.63) is 64.1 Å². The van der Waals surface area contributed by atoms with Gasteiger partial charge >= 0.3 is 0 Å². The summed E-state index contributed by atoms with van der Waals surface area (Å²) < 4.78 is 4.89. The van der Waals surface area contributed by atoms with E-state index in [4.69, 9.17) is 4.42 Å². The molecule has 2 N–H and O–H groups in total. The molecule has 2 amide bonds. The summed E-state index contributed by atoms with van der Waals surface area (Å²) in [6, 6.07) is 8.90. The Kier molecular flexibility index (Phi) is 5.40. The Bertz CT molecular complexity index is 783. The highest BCUT2D eigenvalue weighted by Crippen LogP contribution is 2.13. The van der Waals surface area contributed by atoms with E-state index in [1.165, 1.54) is 30.5 Å². The Morgan fingerprint density at radius 1 is 1.29 bits per heavy atom. The van der Waals surface area contributed by atoms with Gasteiger partial charge in [-0.25, -0.2) is 5.43 Å². The number of nitro benzene ring substituents is 1. The summed E-state index contributed by atoms with van der Waals surface area (Å²) >= 11 is 0. The number of non-ortho nitro benzene ring substituents is 1. The number of benzene rings is 1. The minimum Gasteiger partial charge on any atom is -0.459 e. The maximum absolute atomic E-state index is 11.7. The fraction of sp³-hybridized carbons (Fsp3) is 0.133. The van der Waals surface area contributed by atoms with Crippen molar-refractivity contribution >= 4 is 23.2 Å². The second kappa shape index (κ2) is 7.68. The molecule has 2 rings (SSSR count). The molecule has 1 aromatic carbocycles. The van der Waals surface area contributed by atoms with Crippen molar-refractivity contribution in [3.8, 4) is 0 Å². The molecule has 0 radical (unpaired) electrons. The Morgan fingerprint density at radius 2 is 2.08 bits per heavy atom. The average molecular weight is 330 g/mol. The monoisotopic (exact) mass is 330 g/mol. The Labute approximate surface area is 136 Å². The van der Waals surface area contributed by atoms with Crippen LogP contribution < -0.4 is 10.7 Å². The first-order valence-electron chi connectivity index (χ1n) is 6.87. The molecule has 124 valence electrons. The van der Waals surface area contributed by atoms with Crippen molar-refractivity contribution in [1.29, 1.82) is 0 Å². The summed E-state index contributed by atoms with van der Waals surface area (Å²) in [4.78, 5) is 33.5. The fourth-order valence-electron chi connectivity index (χ4n) is 1.75. The van der Waals surface area contributed by atoms with Gasteiger partial charge in [-0.2, -0.15) is 5.10 Å². The molecule has 0 fully saturated rings. The minimum atomic E-state index is -0.542. The van der Waals surface area contributed by atoms with Crippen LogP contribution in [0.4, 0.5) is 5.69 Å². The number of nitro groups is 1. The summed E-state index contributed by atoms with van der Waals surface area (Å²) in [5.41, 5.74) is 3.09. The second-order valence-corrected chi connectivity index (χ2v) is 4.70. The summed E-state index contributed by atoms with van der Waals surface area (Å²) in [7, 11) is 0. The molecular formula is C15H14N4O5. The zero-order chi connectivity index (χ0) is 17.5. The predicted octanol–water partition coefficient (Wildman–Crippen LogP) is 1.46. The number of carbonyl (C=O) groups is 2. The van der Waals surface area contributed by atoms with Gasteiger partial charge < -0.3 is 9.73 Å². The summed E-state index contributed by atoms with van der Waals surface area (Å²) in [6.07, 6.45) is 1.35. The maximum Gasteiger partial charge on any atom is 0.287 e. The van der Waals surface area contributed by atoms with E-state index in [-0.39, 0.29) is 18.0 Å². The molecule has 0 aliphatic carbocycles. The number of hydrogen-bond donors (Lipinski definition) is 2. The normalized spacial score (nSPS) is 11.0. The van der Waals surface area contributed by atoms with Gasteiger partial charge in [0, 0.05) is 17.7 Å². The number of nitrogens with zero attached hydrogens (tertiary/aromatic N) is 2. The number of furan rings is 1. The van der Waals surface area contributed by atoms with E-state index in [1.807, 2.05) is 0 Å². The predicted molar refractivity (Wildman–Crippen MR) is 84.5 cm³/mol. The van der Waals surface area contributed by atoms with Crippen LogP contribution in [-0.2, 0) is 4.79 Å². The highest BCUT2D eigenvalue weighted by Gasteiger charge is 2.10. The lowest BCUT2D eigenvalue weighted by molar-refractivity contribution is -0.384. The van der Waals surface area contributed by atoms with Gasteiger partial charge in [0.1, 0.15) is 0 Å².